The average molecular weight is 1970 g/mol. The van der Waals surface area contributed by atoms with Crippen molar-refractivity contribution < 1.29 is 95.2 Å². The van der Waals surface area contributed by atoms with Gasteiger partial charge in [0.2, 0.25) is 0 Å². The molecule has 0 radical (unpaired) electrons. The maximum atomic E-state index is 9.15. The number of aliphatic hydroxyl groups is 3. The Labute approximate surface area is 861 Å². The van der Waals surface area contributed by atoms with Gasteiger partial charge in [0.25, 0.3) is 0 Å². The number of piperidine rings is 5. The lowest BCUT2D eigenvalue weighted by Crippen LogP contribution is -3.12. The van der Waals surface area contributed by atoms with Gasteiger partial charge in [-0.05, 0) is 229 Å². The van der Waals surface area contributed by atoms with E-state index in [1.807, 2.05) is 12.1 Å². The topological polar surface area (TPSA) is 228 Å². The number of quaternary nitrogens is 17. The van der Waals surface area contributed by atoms with E-state index in [1.54, 1.807) is 53.1 Å². The fourth-order valence-corrected chi connectivity index (χ4v) is 26.5. The molecule has 6 aromatic carbocycles. The Balaban J connectivity index is 0.000000161. The van der Waals surface area contributed by atoms with Crippen LogP contribution in [0.1, 0.15) is 214 Å². The molecule has 9 saturated heterocycles. The number of aromatic hydroxyl groups is 1. The average Bonchev–Trinajstić information content (AvgIpc) is 0.760. The molecule has 15 fully saturated rings. The number of nitrogens with one attached hydrogen (secondary N) is 2. The van der Waals surface area contributed by atoms with Crippen molar-refractivity contribution in [2.24, 2.45) is 41.4 Å². The zero-order valence-electron chi connectivity index (χ0n) is 93.9. The number of nitrogens with two attached hydrogens (primary N) is 5. The van der Waals surface area contributed by atoms with Gasteiger partial charge in [0, 0.05) is 72.6 Å². The first-order valence-corrected chi connectivity index (χ1v) is 57.5. The summed E-state index contributed by atoms with van der Waals surface area (Å²) in [5.74, 6) is 8.60. The molecule has 6 bridgehead atoms. The summed E-state index contributed by atoms with van der Waals surface area (Å²) in [4.78, 5) is 2.00. The SMILES string of the molecule is C1CC(C2CC[NH2+]CC2)CC[NH2+]1.C1C[NH2+]CC[NH2+]1.C[N+](C)(C)Cc1ccccc1-c1ccccc1C[N+](C)(C)C.C[N+](C)(C)c1cccc2ccccc12.C[N+]1(C)CCC(C2CC[N+](C)(C)CC2)CC1.C[N+]12CCCc3cccc(c31)CCC2.C[N+]12CC[N+](C)(CC1)CC2.C[NH+](C)C1CCCCC1.OC[NH+](CO)CO.Oc1ccc(C2CC[NH2+]CC2)cc1.[NH3+]C12CC3CC(CC(C3)C1)C2.[NH3+]C1CCCCC1. The molecular weight excluding hydrogens is 1740 g/mol. The van der Waals surface area contributed by atoms with E-state index in [0.29, 0.717) is 22.1 Å². The van der Waals surface area contributed by atoms with Gasteiger partial charge in [-0.2, -0.15) is 0 Å². The molecule has 794 valence electrons. The van der Waals surface area contributed by atoms with Crippen LogP contribution >= 0.6 is 0 Å². The predicted octanol–water partition coefficient (Wildman–Crippen LogP) is 7.02. The van der Waals surface area contributed by atoms with Crippen molar-refractivity contribution in [3.8, 4) is 16.9 Å². The van der Waals surface area contributed by atoms with E-state index in [0.717, 1.165) is 80.0 Å². The van der Waals surface area contributed by atoms with Crippen LogP contribution in [0.5, 0.6) is 5.75 Å². The number of rotatable bonds is 13. The van der Waals surface area contributed by atoms with Crippen LogP contribution in [-0.4, -0.2) is 356 Å². The molecule has 0 atom stereocenters. The van der Waals surface area contributed by atoms with E-state index < -0.39 is 0 Å². The van der Waals surface area contributed by atoms with Crippen LogP contribution in [0, 0.1) is 41.4 Å². The minimum Gasteiger partial charge on any atom is -0.508 e. The number of fused-ring (bicyclic) bond motifs is 4. The maximum absolute atomic E-state index is 9.15. The highest BCUT2D eigenvalue weighted by molar-refractivity contribution is 5.93. The van der Waals surface area contributed by atoms with Crippen LogP contribution in [0.2, 0.25) is 0 Å². The van der Waals surface area contributed by atoms with E-state index in [1.165, 1.54) is 384 Å². The van der Waals surface area contributed by atoms with Crippen molar-refractivity contribution in [3.63, 3.8) is 0 Å². The number of hydrogen-bond donors (Lipinski definition) is 13. The molecular formula is C120H222N17O4+17. The molecule has 6 aliphatic carbocycles. The van der Waals surface area contributed by atoms with Crippen LogP contribution < -0.4 is 56.8 Å². The number of phenolic OH excluding ortho intramolecular Hbond substituents is 1. The summed E-state index contributed by atoms with van der Waals surface area (Å²) in [7, 11) is 41.4. The van der Waals surface area contributed by atoms with Crippen LogP contribution in [0.4, 0.5) is 11.4 Å². The second kappa shape index (κ2) is 57.4. The molecule has 0 unspecified atom stereocenters. The summed E-state index contributed by atoms with van der Waals surface area (Å²) < 4.78 is 9.17. The number of para-hydroxylation sites is 1. The van der Waals surface area contributed by atoms with E-state index >= 15 is 0 Å². The number of nitrogens with zero attached hydrogens (tertiary/aromatic N) is 8. The van der Waals surface area contributed by atoms with Crippen molar-refractivity contribution in [2.45, 2.75) is 229 Å². The second-order valence-electron chi connectivity index (χ2n) is 52.1. The number of hydrogen-bond acceptors (Lipinski definition) is 4. The Hall–Kier alpha value is -5.42. The molecule has 141 heavy (non-hydrogen) atoms. The predicted molar refractivity (Wildman–Crippen MR) is 589 cm³/mol. The van der Waals surface area contributed by atoms with Gasteiger partial charge < -0.3 is 90.3 Å². The lowest BCUT2D eigenvalue weighted by atomic mass is 9.53. The van der Waals surface area contributed by atoms with Crippen LogP contribution in [0.3, 0.4) is 0 Å². The Morgan fingerprint density at radius 1 is 0.383 bits per heavy atom. The number of likely N-dealkylation sites (tertiary alicyclic amines) is 2. The van der Waals surface area contributed by atoms with Crippen LogP contribution in [-0.2, 0) is 25.9 Å². The first-order chi connectivity index (χ1) is 67.1. The fourth-order valence-electron chi connectivity index (χ4n) is 26.5. The first-order valence-electron chi connectivity index (χ1n) is 57.5. The minimum absolute atomic E-state index is 0.229. The van der Waals surface area contributed by atoms with E-state index in [9.17, 15) is 0 Å². The Bertz CT molecular complexity index is 4210. The van der Waals surface area contributed by atoms with Gasteiger partial charge >= 0.3 is 0 Å². The van der Waals surface area contributed by atoms with E-state index in [2.05, 4.69) is 274 Å². The minimum atomic E-state index is -0.229. The summed E-state index contributed by atoms with van der Waals surface area (Å²) in [6.45, 7) is 31.5. The number of aryl methyl sites for hydroxylation is 2. The number of aliphatic hydroxyl groups excluding tert-OH is 3. The lowest BCUT2D eigenvalue weighted by molar-refractivity contribution is -1.06. The van der Waals surface area contributed by atoms with Gasteiger partial charge in [0.1, 0.15) is 95.7 Å². The molecule has 11 aliphatic heterocycles. The van der Waals surface area contributed by atoms with Crippen molar-refractivity contribution in [1.29, 1.82) is 0 Å². The Morgan fingerprint density at radius 2 is 0.745 bits per heavy atom. The molecule has 11 heterocycles. The van der Waals surface area contributed by atoms with Gasteiger partial charge in [0.15, 0.2) is 20.2 Å². The summed E-state index contributed by atoms with van der Waals surface area (Å²) in [6, 6.07) is 49.0. The maximum Gasteiger partial charge on any atom is 0.182 e. The molecule has 6 saturated carbocycles. The van der Waals surface area contributed by atoms with Crippen molar-refractivity contribution in [2.75, 3.05) is 291 Å². The highest BCUT2D eigenvalue weighted by Crippen LogP contribution is 2.54. The zero-order chi connectivity index (χ0) is 102. The van der Waals surface area contributed by atoms with Crippen LogP contribution in [0.25, 0.3) is 21.9 Å². The normalized spacial score (nSPS) is 25.9. The van der Waals surface area contributed by atoms with Gasteiger partial charge in [-0.25, -0.2) is 0 Å². The lowest BCUT2D eigenvalue weighted by Gasteiger charge is -2.52. The quantitative estimate of drug-likeness (QED) is 0.0432. The Morgan fingerprint density at radius 3 is 1.10 bits per heavy atom. The zero-order valence-corrected chi connectivity index (χ0v) is 93.9. The number of piperazine rings is 4. The smallest absolute Gasteiger partial charge is 0.182 e. The molecule has 23 rings (SSSR count). The van der Waals surface area contributed by atoms with Gasteiger partial charge in [-0.15, -0.1) is 0 Å². The third-order valence-electron chi connectivity index (χ3n) is 35.2. The first kappa shape index (κ1) is 117. The number of phenols is 1. The monoisotopic (exact) mass is 1970 g/mol. The molecule has 21 heteroatoms. The molecule has 0 spiro atoms. The van der Waals surface area contributed by atoms with Gasteiger partial charge in [-0.1, -0.05) is 122 Å². The summed E-state index contributed by atoms with van der Waals surface area (Å²) >= 11 is 0. The highest BCUT2D eigenvalue weighted by atomic mass is 16.3. The van der Waals surface area contributed by atoms with Gasteiger partial charge in [-0.3, -0.25) is 13.9 Å². The highest BCUT2D eigenvalue weighted by Gasteiger charge is 2.52. The van der Waals surface area contributed by atoms with Crippen LogP contribution in [0.15, 0.2) is 133 Å². The molecule has 21 nitrogen and oxygen atoms in total. The van der Waals surface area contributed by atoms with Gasteiger partial charge in [0.05, 0.1) is 223 Å². The molecule has 6 aromatic rings. The second-order valence-corrected chi connectivity index (χ2v) is 52.1. The van der Waals surface area contributed by atoms with E-state index in [-0.39, 0.29) is 20.2 Å². The molecule has 0 aromatic heterocycles. The third kappa shape index (κ3) is 40.5. The number of benzene rings is 6. The molecule has 0 amide bonds. The summed E-state index contributed by atoms with van der Waals surface area (Å²) in [5.41, 5.74) is 22.2. The number of likely N-dealkylation sites (N-methyl/N-ethyl adjacent to an activating group) is 2. The largest absolute Gasteiger partial charge is 0.508 e. The van der Waals surface area contributed by atoms with Crippen molar-refractivity contribution >= 4 is 22.1 Å². The third-order valence-corrected chi connectivity index (χ3v) is 35.2. The summed E-state index contributed by atoms with van der Waals surface area (Å²) in [5, 5.41) is 48.4. The standard InChI is InChI=1S/C20H30N2.C14H30N2.C13H18N.C13H16N.C11H15NO.C10H20N2.C10H17N.C8H18N2.C8H17N.C6H13N.C4H10N2.C3H9NO3/c1-21(2,3)15-17-11-7-9-13-19(17)20-14-10-8-12-18(20)16-22(4,5)6;1-15(2)9-5-13(6-10-15)14-7-11-16(3,4)12-8-14;1-14-9-3-7-11-5-2-6-12(13(11)14)8-4-10-14;1-14(2,3)13-10-6-8-11-7-4-5-9-12(11)13;13-11-3-1-9(2-4-11)10-5-7-12-8-6-10;1-5-11-6-2-9(1)10-3-7-12-8-4-10;11-10-4-7-1-8(5-10)3-9(2-7)6-10;1-9-3-6-10(2,7-4-9)8-5-9;1-9(2)8-6-4-3-5-7-8;7-6-4-2-1-3-5-6;1-2-6-4-3-5-1;5-1-4(2-6)3-7/h7-14H,15-16H2,1-6H3;13-14H,5-12H2,1-4H3;2,5-6H,3-4,7-10H2,1H3;4-10H,1-3H3;1-4,10,12-13H,5-8H2;9-12H,1-8H2;7-9H,1-6,11H2;3-8H2,1-2H3;8H,3-7H2,1-2H3;6H,1-5,7H2;5-6H,1-4H2;5-7H,1-3H2/q2*+2;2*+1;;;;+2;;;;/p+9. The van der Waals surface area contributed by atoms with Crippen molar-refractivity contribution in [3.05, 3.63) is 161 Å². The van der Waals surface area contributed by atoms with Crippen molar-refractivity contribution in [1.82, 2.24) is 8.97 Å². The molecule has 17 aliphatic rings. The van der Waals surface area contributed by atoms with E-state index in [4.69, 9.17) is 20.4 Å². The Kier molecular flexibility index (Phi) is 47.8. The summed E-state index contributed by atoms with van der Waals surface area (Å²) in [6.07, 6.45) is 43.2. The molecule has 22 N–H and O–H groups in total. The fraction of sp³-hybridized carbons (Fsp3) is 0.717.